The highest BCUT2D eigenvalue weighted by molar-refractivity contribution is 6.02. The van der Waals surface area contributed by atoms with E-state index >= 15 is 0 Å². The largest absolute Gasteiger partial charge is 0.394 e. The van der Waals surface area contributed by atoms with Crippen molar-refractivity contribution in [2.75, 3.05) is 19.1 Å². The Morgan fingerprint density at radius 1 is 1.40 bits per heavy atom. The summed E-state index contributed by atoms with van der Waals surface area (Å²) in [5.74, 6) is -0.207. The second kappa shape index (κ2) is 8.05. The normalized spacial score (nSPS) is 23.4. The zero-order valence-corrected chi connectivity index (χ0v) is 15.7. The van der Waals surface area contributed by atoms with Gasteiger partial charge in [0.1, 0.15) is 24.7 Å². The number of ether oxygens (including phenoxy) is 2. The monoisotopic (exact) mass is 410 g/mol. The van der Waals surface area contributed by atoms with Crippen molar-refractivity contribution in [2.24, 2.45) is 5.11 Å². The second-order valence-electron chi connectivity index (χ2n) is 6.63. The summed E-state index contributed by atoms with van der Waals surface area (Å²) in [5.41, 5.74) is 13.8. The van der Waals surface area contributed by atoms with Crippen LogP contribution in [0.3, 0.4) is 0 Å². The minimum absolute atomic E-state index is 0.0300. The average Bonchev–Trinajstić information content (AvgIpc) is 3.37. The van der Waals surface area contributed by atoms with E-state index in [9.17, 15) is 9.90 Å². The number of aromatic nitrogens is 4. The van der Waals surface area contributed by atoms with Gasteiger partial charge in [0, 0.05) is 16.9 Å². The summed E-state index contributed by atoms with van der Waals surface area (Å²) in [6, 6.07) is 8.60. The van der Waals surface area contributed by atoms with Gasteiger partial charge in [-0.05, 0) is 5.53 Å². The zero-order chi connectivity index (χ0) is 21.1. The lowest BCUT2D eigenvalue weighted by atomic mass is 9.96. The molecule has 154 valence electrons. The predicted molar refractivity (Wildman–Crippen MR) is 104 cm³/mol. The molecule has 1 aromatic carbocycles. The summed E-state index contributed by atoms with van der Waals surface area (Å²) < 4.78 is 13.2. The van der Waals surface area contributed by atoms with Gasteiger partial charge in [-0.2, -0.15) is 0 Å². The molecule has 0 saturated carbocycles. The third kappa shape index (κ3) is 3.23. The molecule has 3 aromatic rings. The first-order valence-corrected chi connectivity index (χ1v) is 9.05. The maximum Gasteiger partial charge on any atom is 0.215 e. The van der Waals surface area contributed by atoms with E-state index in [1.807, 2.05) is 0 Å². The Bertz CT molecular complexity index is 1110. The summed E-state index contributed by atoms with van der Waals surface area (Å²) >= 11 is 0. The lowest BCUT2D eigenvalue weighted by Crippen LogP contribution is -2.42. The van der Waals surface area contributed by atoms with Crippen LogP contribution in [0, 0.1) is 0 Å². The van der Waals surface area contributed by atoms with Crippen molar-refractivity contribution >= 4 is 22.8 Å². The number of ketones is 1. The van der Waals surface area contributed by atoms with E-state index in [-0.39, 0.29) is 24.8 Å². The molecule has 1 aliphatic heterocycles. The smallest absolute Gasteiger partial charge is 0.215 e. The highest BCUT2D eigenvalue weighted by Gasteiger charge is 2.54. The molecule has 0 unspecified atom stereocenters. The molecule has 4 rings (SSSR count). The molecule has 3 heterocycles. The van der Waals surface area contributed by atoms with Gasteiger partial charge in [0.15, 0.2) is 11.5 Å². The number of nitrogen functional groups attached to an aromatic ring is 1. The molecule has 1 saturated heterocycles. The SMILES string of the molecule is [N-]=[N+]=NCO[C@H]1C[C@](C(=O)c2ccccc2)(n2cnc3c(N)ncnc32)O[C@@H]1CO. The van der Waals surface area contributed by atoms with Crippen molar-refractivity contribution in [1.82, 2.24) is 19.5 Å². The van der Waals surface area contributed by atoms with E-state index in [1.54, 1.807) is 30.3 Å². The van der Waals surface area contributed by atoms with Gasteiger partial charge in [0.25, 0.3) is 0 Å². The van der Waals surface area contributed by atoms with Crippen molar-refractivity contribution in [2.45, 2.75) is 24.4 Å². The van der Waals surface area contributed by atoms with Crippen LogP contribution in [0.25, 0.3) is 21.6 Å². The Morgan fingerprint density at radius 3 is 2.93 bits per heavy atom. The Hall–Kier alpha value is -3.57. The number of rotatable bonds is 7. The van der Waals surface area contributed by atoms with Crippen LogP contribution in [0.1, 0.15) is 16.8 Å². The molecular formula is C18H18N8O4. The quantitative estimate of drug-likeness (QED) is 0.254. The van der Waals surface area contributed by atoms with E-state index in [1.165, 1.54) is 17.2 Å². The van der Waals surface area contributed by atoms with Gasteiger partial charge < -0.3 is 20.3 Å². The van der Waals surface area contributed by atoms with Crippen molar-refractivity contribution in [3.63, 3.8) is 0 Å². The standard InChI is InChI=1S/C18H18N8O4/c19-16-14-17(22-8-21-16)26(9-23-14)18(15(28)11-4-2-1-3-5-11)6-12(13(7-27)30-18)29-10-24-25-20/h1-5,8-9,12-13,27H,6-7,10H2,(H2,19,21,22)/t12-,13+,18-/m0/s1. The van der Waals surface area contributed by atoms with Gasteiger partial charge in [-0.3, -0.25) is 9.36 Å². The number of Topliss-reactive ketones (excluding diaryl/α,β-unsaturated/α-hetero) is 1. The van der Waals surface area contributed by atoms with Crippen LogP contribution in [0.2, 0.25) is 0 Å². The van der Waals surface area contributed by atoms with Crippen LogP contribution >= 0.6 is 0 Å². The first kappa shape index (κ1) is 19.7. The molecule has 12 nitrogen and oxygen atoms in total. The van der Waals surface area contributed by atoms with Gasteiger partial charge in [-0.1, -0.05) is 35.4 Å². The number of aliphatic hydroxyl groups is 1. The van der Waals surface area contributed by atoms with Crippen LogP contribution in [0.4, 0.5) is 5.82 Å². The number of hydrogen-bond acceptors (Lipinski definition) is 9. The van der Waals surface area contributed by atoms with Crippen LogP contribution < -0.4 is 5.73 Å². The lowest BCUT2D eigenvalue weighted by Gasteiger charge is -2.29. The average molecular weight is 410 g/mol. The number of hydrogen-bond donors (Lipinski definition) is 2. The molecule has 0 amide bonds. The maximum absolute atomic E-state index is 13.7. The van der Waals surface area contributed by atoms with Crippen LogP contribution in [-0.2, 0) is 15.2 Å². The van der Waals surface area contributed by atoms with Crippen LogP contribution in [-0.4, -0.2) is 56.0 Å². The lowest BCUT2D eigenvalue weighted by molar-refractivity contribution is -0.0958. The third-order valence-corrected chi connectivity index (χ3v) is 4.97. The number of nitrogens with zero attached hydrogens (tertiary/aromatic N) is 7. The van der Waals surface area contributed by atoms with E-state index in [2.05, 4.69) is 25.0 Å². The minimum atomic E-state index is -1.61. The first-order valence-electron chi connectivity index (χ1n) is 9.05. The van der Waals surface area contributed by atoms with Crippen molar-refractivity contribution < 1.29 is 19.4 Å². The van der Waals surface area contributed by atoms with E-state index < -0.39 is 24.5 Å². The molecule has 0 aliphatic carbocycles. The fourth-order valence-corrected chi connectivity index (χ4v) is 3.60. The molecule has 12 heteroatoms. The summed E-state index contributed by atoms with van der Waals surface area (Å²) in [7, 11) is 0. The van der Waals surface area contributed by atoms with E-state index in [0.717, 1.165) is 0 Å². The van der Waals surface area contributed by atoms with Crippen LogP contribution in [0.15, 0.2) is 48.1 Å². The minimum Gasteiger partial charge on any atom is -0.394 e. The summed E-state index contributed by atoms with van der Waals surface area (Å²) in [5, 5.41) is 13.2. The molecule has 0 radical (unpaired) electrons. The van der Waals surface area contributed by atoms with Crippen molar-refractivity contribution in [1.29, 1.82) is 0 Å². The van der Waals surface area contributed by atoms with Gasteiger partial charge in [0.2, 0.25) is 11.5 Å². The fraction of sp³-hybridized carbons (Fsp3) is 0.333. The predicted octanol–water partition coefficient (Wildman–Crippen LogP) is 1.38. The van der Waals surface area contributed by atoms with Crippen molar-refractivity contribution in [3.05, 3.63) is 59.0 Å². The molecular weight excluding hydrogens is 392 g/mol. The Morgan fingerprint density at radius 2 is 2.20 bits per heavy atom. The number of fused-ring (bicyclic) bond motifs is 1. The molecule has 0 bridgehead atoms. The maximum atomic E-state index is 13.7. The van der Waals surface area contributed by atoms with E-state index in [4.69, 9.17) is 20.7 Å². The number of aliphatic hydroxyl groups excluding tert-OH is 1. The first-order chi connectivity index (χ1) is 14.6. The van der Waals surface area contributed by atoms with Crippen LogP contribution in [0.5, 0.6) is 0 Å². The van der Waals surface area contributed by atoms with E-state index in [0.29, 0.717) is 16.7 Å². The number of imidazole rings is 1. The number of anilines is 1. The molecule has 2 aromatic heterocycles. The summed E-state index contributed by atoms with van der Waals surface area (Å²) in [6.07, 6.45) is 1.14. The summed E-state index contributed by atoms with van der Waals surface area (Å²) in [6.45, 7) is -0.676. The van der Waals surface area contributed by atoms with Gasteiger partial charge >= 0.3 is 0 Å². The van der Waals surface area contributed by atoms with Crippen molar-refractivity contribution in [3.8, 4) is 0 Å². The summed E-state index contributed by atoms with van der Waals surface area (Å²) in [4.78, 5) is 28.7. The number of carbonyl (C=O) groups excluding carboxylic acids is 1. The Labute approximate surface area is 169 Å². The van der Waals surface area contributed by atoms with Gasteiger partial charge in [0.05, 0.1) is 19.0 Å². The molecule has 3 atom stereocenters. The van der Waals surface area contributed by atoms with Gasteiger partial charge in [-0.25, -0.2) is 15.0 Å². The van der Waals surface area contributed by atoms with Gasteiger partial charge in [-0.15, -0.1) is 0 Å². The number of azide groups is 1. The number of benzene rings is 1. The molecule has 1 fully saturated rings. The number of carbonyl (C=O) groups is 1. The highest BCUT2D eigenvalue weighted by atomic mass is 16.6. The fourth-order valence-electron chi connectivity index (χ4n) is 3.60. The highest BCUT2D eigenvalue weighted by Crippen LogP contribution is 2.41. The Kier molecular flexibility index (Phi) is 5.29. The third-order valence-electron chi connectivity index (χ3n) is 4.97. The number of nitrogens with two attached hydrogens (primary N) is 1. The topological polar surface area (TPSA) is 174 Å². The molecule has 0 spiro atoms. The molecule has 1 aliphatic rings. The zero-order valence-electron chi connectivity index (χ0n) is 15.7. The molecule has 3 N–H and O–H groups in total. The molecule has 30 heavy (non-hydrogen) atoms. The Balaban J connectivity index is 1.84. The second-order valence-corrected chi connectivity index (χ2v) is 6.63.